The van der Waals surface area contributed by atoms with E-state index in [2.05, 4.69) is 13.8 Å². The van der Waals surface area contributed by atoms with Crippen molar-refractivity contribution in [3.63, 3.8) is 0 Å². The van der Waals surface area contributed by atoms with Crippen molar-refractivity contribution in [2.45, 2.75) is 39.5 Å². The van der Waals surface area contributed by atoms with Crippen molar-refractivity contribution in [1.82, 2.24) is 0 Å². The van der Waals surface area contributed by atoms with E-state index in [-0.39, 0.29) is 11.8 Å². The summed E-state index contributed by atoms with van der Waals surface area (Å²) < 4.78 is 5.46. The number of hydrogen-bond acceptors (Lipinski definition) is 3. The van der Waals surface area contributed by atoms with Gasteiger partial charge in [0.05, 0.1) is 5.56 Å². The Bertz CT molecular complexity index is 968. The molecule has 3 rings (SSSR count). The zero-order valence-electron chi connectivity index (χ0n) is 17.1. The van der Waals surface area contributed by atoms with Gasteiger partial charge in [-0.25, -0.2) is 4.79 Å². The second-order valence-corrected chi connectivity index (χ2v) is 7.43. The summed E-state index contributed by atoms with van der Waals surface area (Å²) in [6.07, 6.45) is 1.37. The number of ketones is 1. The van der Waals surface area contributed by atoms with Crippen molar-refractivity contribution >= 4 is 11.8 Å². The van der Waals surface area contributed by atoms with Crippen LogP contribution in [0, 0.1) is 6.92 Å². The molecule has 0 amide bonds. The smallest absolute Gasteiger partial charge is 0.343 e. The second-order valence-electron chi connectivity index (χ2n) is 7.43. The third kappa shape index (κ3) is 5.41. The van der Waals surface area contributed by atoms with Crippen LogP contribution in [0.1, 0.15) is 63.6 Å². The number of rotatable bonds is 7. The molecule has 3 heteroatoms. The third-order valence-corrected chi connectivity index (χ3v) is 5.20. The molecule has 0 spiro atoms. The minimum atomic E-state index is -0.385. The van der Waals surface area contributed by atoms with E-state index >= 15 is 0 Å². The molecule has 1 unspecified atom stereocenters. The Hall–Kier alpha value is -3.20. The van der Waals surface area contributed by atoms with Gasteiger partial charge in [-0.15, -0.1) is 0 Å². The molecule has 0 heterocycles. The Labute approximate surface area is 172 Å². The van der Waals surface area contributed by atoms with E-state index in [0.717, 1.165) is 17.5 Å². The first-order valence-corrected chi connectivity index (χ1v) is 9.97. The number of aryl methyl sites for hydroxylation is 1. The second kappa shape index (κ2) is 9.33. The van der Waals surface area contributed by atoms with Crippen molar-refractivity contribution in [2.75, 3.05) is 0 Å². The zero-order valence-corrected chi connectivity index (χ0v) is 17.1. The number of hydrogen-bond donors (Lipinski definition) is 0. The number of carbonyl (C=O) groups is 2. The van der Waals surface area contributed by atoms with E-state index in [1.54, 1.807) is 24.3 Å². The van der Waals surface area contributed by atoms with Gasteiger partial charge in [-0.3, -0.25) is 4.79 Å². The number of ether oxygens (including phenoxy) is 1. The Morgan fingerprint density at radius 2 is 1.41 bits per heavy atom. The van der Waals surface area contributed by atoms with Crippen molar-refractivity contribution in [1.29, 1.82) is 0 Å². The lowest BCUT2D eigenvalue weighted by Crippen LogP contribution is -2.09. The maximum absolute atomic E-state index is 12.4. The predicted octanol–water partition coefficient (Wildman–Crippen LogP) is 6.15. The fourth-order valence-corrected chi connectivity index (χ4v) is 3.05. The molecule has 0 radical (unpaired) electrons. The highest BCUT2D eigenvalue weighted by atomic mass is 16.5. The maximum atomic E-state index is 12.4. The summed E-state index contributed by atoms with van der Waals surface area (Å²) >= 11 is 0. The van der Waals surface area contributed by atoms with Gasteiger partial charge in [0.25, 0.3) is 0 Å². The number of esters is 1. The highest BCUT2D eigenvalue weighted by molar-refractivity contribution is 5.97. The summed E-state index contributed by atoms with van der Waals surface area (Å²) in [6, 6.07) is 22.2. The molecular formula is C26H26O3. The zero-order chi connectivity index (χ0) is 20.8. The molecule has 0 aliphatic heterocycles. The summed E-state index contributed by atoms with van der Waals surface area (Å²) in [4.78, 5) is 24.7. The average Bonchev–Trinajstić information content (AvgIpc) is 2.75. The summed E-state index contributed by atoms with van der Waals surface area (Å²) in [6.45, 7) is 6.30. The third-order valence-electron chi connectivity index (χ3n) is 5.20. The molecular weight excluding hydrogens is 360 g/mol. The van der Waals surface area contributed by atoms with Crippen LogP contribution in [0.15, 0.2) is 72.8 Å². The van der Waals surface area contributed by atoms with Crippen LogP contribution in [-0.2, 0) is 6.42 Å². The molecule has 0 fully saturated rings. The van der Waals surface area contributed by atoms with Crippen LogP contribution in [0.5, 0.6) is 5.75 Å². The van der Waals surface area contributed by atoms with Gasteiger partial charge in [0.1, 0.15) is 5.75 Å². The molecule has 3 nitrogen and oxygen atoms in total. The predicted molar refractivity (Wildman–Crippen MR) is 116 cm³/mol. The van der Waals surface area contributed by atoms with E-state index < -0.39 is 0 Å². The van der Waals surface area contributed by atoms with Gasteiger partial charge < -0.3 is 4.74 Å². The quantitative estimate of drug-likeness (QED) is 0.278. The minimum Gasteiger partial charge on any atom is -0.423 e. The molecule has 0 bridgehead atoms. The van der Waals surface area contributed by atoms with E-state index in [0.29, 0.717) is 29.2 Å². The van der Waals surface area contributed by atoms with Gasteiger partial charge in [0.2, 0.25) is 0 Å². The SMILES string of the molecule is CCC(C)c1ccc(C(=O)Oc2ccc(CC(=O)c3ccc(C)cc3)cc2)cc1. The fraction of sp³-hybridized carbons (Fsp3) is 0.231. The molecule has 3 aromatic rings. The van der Waals surface area contributed by atoms with Crippen LogP contribution >= 0.6 is 0 Å². The Morgan fingerprint density at radius 3 is 2.00 bits per heavy atom. The molecule has 1 atom stereocenters. The molecule has 29 heavy (non-hydrogen) atoms. The molecule has 0 N–H and O–H groups in total. The van der Waals surface area contributed by atoms with Crippen LogP contribution in [0.25, 0.3) is 0 Å². The molecule has 0 aromatic heterocycles. The lowest BCUT2D eigenvalue weighted by molar-refractivity contribution is 0.0734. The minimum absolute atomic E-state index is 0.0659. The highest BCUT2D eigenvalue weighted by Crippen LogP contribution is 2.20. The van der Waals surface area contributed by atoms with E-state index in [1.165, 1.54) is 5.56 Å². The summed E-state index contributed by atoms with van der Waals surface area (Å²) in [5, 5.41) is 0. The maximum Gasteiger partial charge on any atom is 0.343 e. The van der Waals surface area contributed by atoms with Gasteiger partial charge >= 0.3 is 5.97 Å². The topological polar surface area (TPSA) is 43.4 Å². The molecule has 0 aliphatic carbocycles. The first kappa shape index (κ1) is 20.5. The molecule has 0 saturated carbocycles. The molecule has 0 aliphatic rings. The lowest BCUT2D eigenvalue weighted by atomic mass is 9.98. The van der Waals surface area contributed by atoms with Crippen LogP contribution in [-0.4, -0.2) is 11.8 Å². The number of carbonyl (C=O) groups excluding carboxylic acids is 2. The molecule has 3 aromatic carbocycles. The first-order chi connectivity index (χ1) is 14.0. The fourth-order valence-electron chi connectivity index (χ4n) is 3.05. The lowest BCUT2D eigenvalue weighted by Gasteiger charge is -2.10. The standard InChI is InChI=1S/C26H26O3/c1-4-19(3)21-11-13-23(14-12-21)26(28)29-24-15-7-20(8-16-24)17-25(27)22-9-5-18(2)6-10-22/h5-16,19H,4,17H2,1-3H3. The van der Waals surface area contributed by atoms with Crippen LogP contribution in [0.3, 0.4) is 0 Å². The van der Waals surface area contributed by atoms with Gasteiger partial charge in [-0.05, 0) is 54.7 Å². The van der Waals surface area contributed by atoms with Crippen LogP contribution in [0.2, 0.25) is 0 Å². The van der Waals surface area contributed by atoms with Crippen molar-refractivity contribution < 1.29 is 14.3 Å². The number of Topliss-reactive ketones (excluding diaryl/α,β-unsaturated/α-hetero) is 1. The van der Waals surface area contributed by atoms with Gasteiger partial charge in [-0.2, -0.15) is 0 Å². The average molecular weight is 386 g/mol. The normalized spacial score (nSPS) is 11.7. The van der Waals surface area contributed by atoms with Crippen molar-refractivity contribution in [2.24, 2.45) is 0 Å². The van der Waals surface area contributed by atoms with E-state index in [1.807, 2.05) is 55.5 Å². The van der Waals surface area contributed by atoms with Gasteiger partial charge in [-0.1, -0.05) is 67.9 Å². The van der Waals surface area contributed by atoms with Gasteiger partial charge in [0, 0.05) is 12.0 Å². The van der Waals surface area contributed by atoms with Crippen molar-refractivity contribution in [3.05, 3.63) is 101 Å². The van der Waals surface area contributed by atoms with E-state index in [4.69, 9.17) is 4.74 Å². The monoisotopic (exact) mass is 386 g/mol. The molecule has 0 saturated heterocycles. The number of benzene rings is 3. The highest BCUT2D eigenvalue weighted by Gasteiger charge is 2.11. The summed E-state index contributed by atoms with van der Waals surface area (Å²) in [5.74, 6) is 0.614. The first-order valence-electron chi connectivity index (χ1n) is 9.97. The van der Waals surface area contributed by atoms with Crippen molar-refractivity contribution in [3.8, 4) is 5.75 Å². The molecule has 148 valence electrons. The Morgan fingerprint density at radius 1 is 0.828 bits per heavy atom. The van der Waals surface area contributed by atoms with E-state index in [9.17, 15) is 9.59 Å². The summed E-state index contributed by atoms with van der Waals surface area (Å²) in [7, 11) is 0. The Kier molecular flexibility index (Phi) is 6.61. The van der Waals surface area contributed by atoms with Gasteiger partial charge in [0.15, 0.2) is 5.78 Å². The largest absolute Gasteiger partial charge is 0.423 e. The summed E-state index contributed by atoms with van der Waals surface area (Å²) in [5.41, 5.74) is 4.45. The van der Waals surface area contributed by atoms with Crippen LogP contribution in [0.4, 0.5) is 0 Å². The van der Waals surface area contributed by atoms with Crippen LogP contribution < -0.4 is 4.74 Å². The Balaban J connectivity index is 1.60.